The first-order valence-electron chi connectivity index (χ1n) is 5.04. The van der Waals surface area contributed by atoms with Gasteiger partial charge in [-0.15, -0.1) is 0 Å². The van der Waals surface area contributed by atoms with Crippen LogP contribution in [0.1, 0.15) is 32.6 Å². The van der Waals surface area contributed by atoms with E-state index in [0.717, 1.165) is 0 Å². The van der Waals surface area contributed by atoms with Crippen LogP contribution in [0.25, 0.3) is 0 Å². The van der Waals surface area contributed by atoms with Crippen LogP contribution < -0.4 is 0 Å². The van der Waals surface area contributed by atoms with Crippen LogP contribution in [0.15, 0.2) is 0 Å². The molecule has 2 atom stereocenters. The van der Waals surface area contributed by atoms with Crippen molar-refractivity contribution in [2.24, 2.45) is 11.3 Å². The van der Waals surface area contributed by atoms with Crippen LogP contribution in [-0.4, -0.2) is 18.9 Å². The highest BCUT2D eigenvalue weighted by atomic mass is 16.5. The topological polar surface area (TPSA) is 67.2 Å². The molecule has 0 unspecified atom stereocenters. The molecule has 0 aliphatic heterocycles. The van der Waals surface area contributed by atoms with Crippen LogP contribution in [-0.2, 0) is 14.3 Å². The molecule has 0 bridgehead atoms. The molecule has 0 spiro atoms. The molecule has 1 fully saturated rings. The average Bonchev–Trinajstić information content (AvgIpc) is 2.52. The number of nitrogens with zero attached hydrogens (tertiary/aromatic N) is 1. The number of hydrogen-bond donors (Lipinski definition) is 0. The molecule has 0 radical (unpaired) electrons. The summed E-state index contributed by atoms with van der Waals surface area (Å²) < 4.78 is 4.53. The van der Waals surface area contributed by atoms with E-state index < -0.39 is 5.41 Å². The maximum Gasteiger partial charge on any atom is 0.305 e. The first-order valence-corrected chi connectivity index (χ1v) is 5.04. The fourth-order valence-corrected chi connectivity index (χ4v) is 2.06. The Labute approximate surface area is 89.2 Å². The number of ether oxygens (including phenoxy) is 1. The molecule has 0 N–H and O–H groups in total. The molecule has 1 saturated carbocycles. The van der Waals surface area contributed by atoms with Crippen molar-refractivity contribution in [3.63, 3.8) is 0 Å². The van der Waals surface area contributed by atoms with Gasteiger partial charge in [-0.25, -0.2) is 0 Å². The first kappa shape index (κ1) is 11.7. The molecule has 0 heterocycles. The van der Waals surface area contributed by atoms with Gasteiger partial charge in [0.05, 0.1) is 19.1 Å². The Bertz CT molecular complexity index is 318. The van der Waals surface area contributed by atoms with E-state index in [0.29, 0.717) is 19.3 Å². The van der Waals surface area contributed by atoms with E-state index in [1.165, 1.54) is 7.11 Å². The molecule has 15 heavy (non-hydrogen) atoms. The van der Waals surface area contributed by atoms with Crippen molar-refractivity contribution in [2.45, 2.75) is 32.6 Å². The van der Waals surface area contributed by atoms with Gasteiger partial charge >= 0.3 is 5.97 Å². The van der Waals surface area contributed by atoms with E-state index in [1.807, 2.05) is 0 Å². The van der Waals surface area contributed by atoms with Crippen molar-refractivity contribution in [3.8, 4) is 6.07 Å². The predicted octanol–water partition coefficient (Wildman–Crippen LogP) is 1.45. The molecule has 0 saturated heterocycles. The second-order valence-electron chi connectivity index (χ2n) is 4.14. The Morgan fingerprint density at radius 2 is 2.40 bits per heavy atom. The number of carbonyl (C=O) groups excluding carboxylic acids is 2. The van der Waals surface area contributed by atoms with Crippen LogP contribution in [0.5, 0.6) is 0 Å². The zero-order valence-electron chi connectivity index (χ0n) is 9.08. The van der Waals surface area contributed by atoms with Gasteiger partial charge in [-0.3, -0.25) is 9.59 Å². The highest BCUT2D eigenvalue weighted by Gasteiger charge is 2.46. The Morgan fingerprint density at radius 1 is 1.73 bits per heavy atom. The fourth-order valence-electron chi connectivity index (χ4n) is 2.06. The predicted molar refractivity (Wildman–Crippen MR) is 52.7 cm³/mol. The smallest absolute Gasteiger partial charge is 0.305 e. The van der Waals surface area contributed by atoms with E-state index in [2.05, 4.69) is 10.8 Å². The monoisotopic (exact) mass is 209 g/mol. The lowest BCUT2D eigenvalue weighted by Crippen LogP contribution is -2.29. The number of nitriles is 1. The van der Waals surface area contributed by atoms with E-state index >= 15 is 0 Å². The zero-order valence-corrected chi connectivity index (χ0v) is 9.08. The molecular formula is C11H15NO3. The third kappa shape index (κ3) is 2.17. The van der Waals surface area contributed by atoms with Gasteiger partial charge in [0.2, 0.25) is 0 Å². The van der Waals surface area contributed by atoms with Gasteiger partial charge in [0, 0.05) is 18.3 Å². The SMILES string of the molecule is COC(=O)CC[C@@]1(C)C(=O)CC[C@@H]1C#N. The summed E-state index contributed by atoms with van der Waals surface area (Å²) in [4.78, 5) is 22.7. The van der Waals surface area contributed by atoms with Gasteiger partial charge in [0.25, 0.3) is 0 Å². The van der Waals surface area contributed by atoms with Crippen molar-refractivity contribution in [3.05, 3.63) is 0 Å². The van der Waals surface area contributed by atoms with E-state index in [4.69, 9.17) is 5.26 Å². The molecule has 4 heteroatoms. The van der Waals surface area contributed by atoms with Gasteiger partial charge in [-0.05, 0) is 12.8 Å². The van der Waals surface area contributed by atoms with Gasteiger partial charge in [0.15, 0.2) is 0 Å². The lowest BCUT2D eigenvalue weighted by Gasteiger charge is -2.24. The quantitative estimate of drug-likeness (QED) is 0.660. The number of Topliss-reactive ketones (excluding diaryl/α,β-unsaturated/α-hetero) is 1. The molecule has 0 aromatic heterocycles. The second kappa shape index (κ2) is 4.43. The van der Waals surface area contributed by atoms with Crippen molar-refractivity contribution >= 4 is 11.8 Å². The highest BCUT2D eigenvalue weighted by Crippen LogP contribution is 2.43. The van der Waals surface area contributed by atoms with Crippen LogP contribution >= 0.6 is 0 Å². The minimum Gasteiger partial charge on any atom is -0.469 e. The van der Waals surface area contributed by atoms with Crippen LogP contribution in [0, 0.1) is 22.7 Å². The summed E-state index contributed by atoms with van der Waals surface area (Å²) in [6.07, 6.45) is 1.69. The molecule has 4 nitrogen and oxygen atoms in total. The van der Waals surface area contributed by atoms with Gasteiger partial charge in [0.1, 0.15) is 5.78 Å². The standard InChI is InChI=1S/C11H15NO3/c1-11(6-5-10(14)15-2)8(7-12)3-4-9(11)13/h8H,3-6H2,1-2H3/t8-,11-/m1/s1. The van der Waals surface area contributed by atoms with Gasteiger partial charge < -0.3 is 4.74 Å². The number of carbonyl (C=O) groups is 2. The molecule has 1 aliphatic rings. The van der Waals surface area contributed by atoms with Gasteiger partial charge in [-0.2, -0.15) is 5.26 Å². The van der Waals surface area contributed by atoms with Crippen LogP contribution in [0.2, 0.25) is 0 Å². The number of rotatable bonds is 3. The molecular weight excluding hydrogens is 194 g/mol. The molecule has 0 aromatic carbocycles. The molecule has 1 rings (SSSR count). The second-order valence-corrected chi connectivity index (χ2v) is 4.14. The summed E-state index contributed by atoms with van der Waals surface area (Å²) in [5.41, 5.74) is -0.650. The lowest BCUT2D eigenvalue weighted by atomic mass is 9.76. The Morgan fingerprint density at radius 3 is 2.93 bits per heavy atom. The molecule has 0 amide bonds. The van der Waals surface area contributed by atoms with E-state index in [9.17, 15) is 9.59 Å². The maximum atomic E-state index is 11.7. The highest BCUT2D eigenvalue weighted by molar-refractivity contribution is 5.88. The maximum absolute atomic E-state index is 11.7. The summed E-state index contributed by atoms with van der Waals surface area (Å²) in [7, 11) is 1.32. The Hall–Kier alpha value is -1.37. The normalized spacial score (nSPS) is 29.9. The minimum atomic E-state index is -0.650. The van der Waals surface area contributed by atoms with Crippen molar-refractivity contribution in [1.29, 1.82) is 5.26 Å². The third-order valence-corrected chi connectivity index (χ3v) is 3.30. The average molecular weight is 209 g/mol. The molecule has 1 aliphatic carbocycles. The number of methoxy groups -OCH3 is 1. The summed E-state index contributed by atoms with van der Waals surface area (Å²) in [6.45, 7) is 1.78. The van der Waals surface area contributed by atoms with Gasteiger partial charge in [-0.1, -0.05) is 6.92 Å². The summed E-state index contributed by atoms with van der Waals surface area (Å²) in [6, 6.07) is 2.15. The fraction of sp³-hybridized carbons (Fsp3) is 0.727. The Kier molecular flexibility index (Phi) is 3.46. The van der Waals surface area contributed by atoms with Crippen LogP contribution in [0.4, 0.5) is 0 Å². The first-order chi connectivity index (χ1) is 7.04. The lowest BCUT2D eigenvalue weighted by molar-refractivity contribution is -0.141. The molecule has 82 valence electrons. The molecule has 0 aromatic rings. The zero-order chi connectivity index (χ0) is 11.5. The number of hydrogen-bond acceptors (Lipinski definition) is 4. The van der Waals surface area contributed by atoms with Crippen LogP contribution in [0.3, 0.4) is 0 Å². The number of ketones is 1. The minimum absolute atomic E-state index is 0.0953. The van der Waals surface area contributed by atoms with Crippen molar-refractivity contribution < 1.29 is 14.3 Å². The van der Waals surface area contributed by atoms with Crippen molar-refractivity contribution in [2.75, 3.05) is 7.11 Å². The summed E-state index contributed by atoms with van der Waals surface area (Å²) >= 11 is 0. The summed E-state index contributed by atoms with van der Waals surface area (Å²) in [5.74, 6) is -0.486. The van der Waals surface area contributed by atoms with Crippen molar-refractivity contribution in [1.82, 2.24) is 0 Å². The Balaban J connectivity index is 2.67. The largest absolute Gasteiger partial charge is 0.469 e. The van der Waals surface area contributed by atoms with E-state index in [1.54, 1.807) is 6.92 Å². The number of esters is 1. The third-order valence-electron chi connectivity index (χ3n) is 3.30. The summed E-state index contributed by atoms with van der Waals surface area (Å²) in [5, 5.41) is 8.92. The van der Waals surface area contributed by atoms with E-state index in [-0.39, 0.29) is 24.1 Å².